The third-order valence-electron chi connectivity index (χ3n) is 2.79. The molecule has 1 unspecified atom stereocenters. The number of aliphatic hydroxyl groups excluding tert-OH is 1. The van der Waals surface area contributed by atoms with Gasteiger partial charge in [-0.3, -0.25) is 9.59 Å². The Bertz CT molecular complexity index is 478. The zero-order chi connectivity index (χ0) is 15.7. The van der Waals surface area contributed by atoms with Crippen molar-refractivity contribution in [1.82, 2.24) is 5.32 Å². The summed E-state index contributed by atoms with van der Waals surface area (Å²) in [6.45, 7) is 0.294. The maximum Gasteiger partial charge on any atom is 0.321 e. The van der Waals surface area contributed by atoms with Gasteiger partial charge in [-0.25, -0.2) is 0 Å². The molecule has 0 spiro atoms. The van der Waals surface area contributed by atoms with Crippen molar-refractivity contribution in [2.45, 2.75) is 18.9 Å². The van der Waals surface area contributed by atoms with Gasteiger partial charge in [0, 0.05) is 6.61 Å². The SMILES string of the molecule is COc1ccccc1NC(=O)CC(NCCCO)C(=O)O. The van der Waals surface area contributed by atoms with E-state index in [-0.39, 0.29) is 13.0 Å². The Hall–Kier alpha value is -2.12. The number of anilines is 1. The highest BCUT2D eigenvalue weighted by Gasteiger charge is 2.20. The lowest BCUT2D eigenvalue weighted by Crippen LogP contribution is -2.40. The Labute approximate surface area is 122 Å². The molecule has 1 atom stereocenters. The monoisotopic (exact) mass is 296 g/mol. The van der Waals surface area contributed by atoms with Gasteiger partial charge in [0.25, 0.3) is 0 Å². The molecular formula is C14H20N2O5. The van der Waals surface area contributed by atoms with Crippen LogP contribution in [0.5, 0.6) is 5.75 Å². The number of carbonyl (C=O) groups excluding carboxylic acids is 1. The first-order valence-electron chi connectivity index (χ1n) is 6.58. The highest BCUT2D eigenvalue weighted by Crippen LogP contribution is 2.23. The zero-order valence-electron chi connectivity index (χ0n) is 11.8. The molecular weight excluding hydrogens is 276 g/mol. The number of aliphatic hydroxyl groups is 1. The summed E-state index contributed by atoms with van der Waals surface area (Å²) in [5.74, 6) is -1.03. The molecule has 0 aliphatic rings. The summed E-state index contributed by atoms with van der Waals surface area (Å²) in [6, 6.07) is 5.89. The maximum absolute atomic E-state index is 11.9. The molecule has 0 aliphatic heterocycles. The molecule has 0 heterocycles. The number of hydrogen-bond donors (Lipinski definition) is 4. The molecule has 0 aromatic heterocycles. The Morgan fingerprint density at radius 2 is 2.05 bits per heavy atom. The first kappa shape index (κ1) is 16.9. The van der Waals surface area contributed by atoms with Crippen LogP contribution in [0.25, 0.3) is 0 Å². The molecule has 7 heteroatoms. The number of carboxylic acids is 1. The number of hydrogen-bond acceptors (Lipinski definition) is 5. The van der Waals surface area contributed by atoms with Crippen molar-refractivity contribution in [3.05, 3.63) is 24.3 Å². The van der Waals surface area contributed by atoms with E-state index in [0.29, 0.717) is 24.4 Å². The number of ether oxygens (including phenoxy) is 1. The standard InChI is InChI=1S/C14H20N2O5/c1-21-12-6-3-2-5-10(12)16-13(18)9-11(14(19)20)15-7-4-8-17/h2-3,5-6,11,15,17H,4,7-9H2,1H3,(H,16,18)(H,19,20). The second kappa shape index (κ2) is 8.93. The highest BCUT2D eigenvalue weighted by molar-refractivity contribution is 5.95. The molecule has 0 radical (unpaired) electrons. The summed E-state index contributed by atoms with van der Waals surface area (Å²) in [6.07, 6.45) is 0.219. The average Bonchev–Trinajstić information content (AvgIpc) is 2.46. The van der Waals surface area contributed by atoms with Gasteiger partial charge in [-0.15, -0.1) is 0 Å². The zero-order valence-corrected chi connectivity index (χ0v) is 11.8. The number of rotatable bonds is 9. The van der Waals surface area contributed by atoms with Gasteiger partial charge >= 0.3 is 5.97 Å². The van der Waals surface area contributed by atoms with Crippen molar-refractivity contribution in [1.29, 1.82) is 0 Å². The Morgan fingerprint density at radius 3 is 2.67 bits per heavy atom. The second-order valence-electron chi connectivity index (χ2n) is 4.37. The van der Waals surface area contributed by atoms with Crippen LogP contribution >= 0.6 is 0 Å². The van der Waals surface area contributed by atoms with Crippen LogP contribution in [0.1, 0.15) is 12.8 Å². The van der Waals surface area contributed by atoms with Crippen LogP contribution in [0.2, 0.25) is 0 Å². The summed E-state index contributed by atoms with van der Waals surface area (Å²) in [5, 5.41) is 23.1. The molecule has 1 aromatic rings. The summed E-state index contributed by atoms with van der Waals surface area (Å²) in [5.41, 5.74) is 0.490. The smallest absolute Gasteiger partial charge is 0.321 e. The first-order chi connectivity index (χ1) is 10.1. The lowest BCUT2D eigenvalue weighted by Gasteiger charge is -2.15. The number of carboxylic acid groups (broad SMARTS) is 1. The summed E-state index contributed by atoms with van der Waals surface area (Å²) in [4.78, 5) is 23.0. The molecule has 0 fully saturated rings. The van der Waals surface area contributed by atoms with Gasteiger partial charge in [0.05, 0.1) is 19.2 Å². The Morgan fingerprint density at radius 1 is 1.33 bits per heavy atom. The Kier molecular flexibility index (Phi) is 7.20. The lowest BCUT2D eigenvalue weighted by atomic mass is 10.2. The van der Waals surface area contributed by atoms with Gasteiger partial charge in [0.1, 0.15) is 11.8 Å². The minimum atomic E-state index is -1.11. The predicted molar refractivity (Wildman–Crippen MR) is 77.4 cm³/mol. The molecule has 21 heavy (non-hydrogen) atoms. The van der Waals surface area contributed by atoms with Gasteiger partial charge < -0.3 is 25.6 Å². The van der Waals surface area contributed by atoms with Crippen LogP contribution < -0.4 is 15.4 Å². The summed E-state index contributed by atoms with van der Waals surface area (Å²) >= 11 is 0. The largest absolute Gasteiger partial charge is 0.495 e. The molecule has 0 bridgehead atoms. The first-order valence-corrected chi connectivity index (χ1v) is 6.58. The van der Waals surface area contributed by atoms with Crippen molar-refractivity contribution in [2.75, 3.05) is 25.6 Å². The lowest BCUT2D eigenvalue weighted by molar-refractivity contribution is -0.141. The maximum atomic E-state index is 11.9. The predicted octanol–water partition coefficient (Wildman–Crippen LogP) is 0.449. The highest BCUT2D eigenvalue weighted by atomic mass is 16.5. The molecule has 1 aromatic carbocycles. The second-order valence-corrected chi connectivity index (χ2v) is 4.37. The molecule has 1 rings (SSSR count). The van der Waals surface area contributed by atoms with E-state index in [1.165, 1.54) is 7.11 Å². The topological polar surface area (TPSA) is 108 Å². The minimum Gasteiger partial charge on any atom is -0.495 e. The van der Waals surface area contributed by atoms with Gasteiger partial charge in [-0.2, -0.15) is 0 Å². The van der Waals surface area contributed by atoms with E-state index >= 15 is 0 Å². The van der Waals surface area contributed by atoms with E-state index in [1.54, 1.807) is 24.3 Å². The van der Waals surface area contributed by atoms with E-state index in [0.717, 1.165) is 0 Å². The van der Waals surface area contributed by atoms with Crippen LogP contribution in [0.3, 0.4) is 0 Å². The quantitative estimate of drug-likeness (QED) is 0.493. The number of para-hydroxylation sites is 2. The van der Waals surface area contributed by atoms with Crippen LogP contribution in [0.15, 0.2) is 24.3 Å². The number of amides is 1. The van der Waals surface area contributed by atoms with E-state index in [2.05, 4.69) is 10.6 Å². The number of aliphatic carboxylic acids is 1. The van der Waals surface area contributed by atoms with Crippen LogP contribution in [-0.4, -0.2) is 48.4 Å². The molecule has 1 amide bonds. The van der Waals surface area contributed by atoms with Crippen molar-refractivity contribution >= 4 is 17.6 Å². The summed E-state index contributed by atoms with van der Waals surface area (Å²) < 4.78 is 5.10. The van der Waals surface area contributed by atoms with Gasteiger partial charge in [-0.05, 0) is 25.1 Å². The van der Waals surface area contributed by atoms with Crippen molar-refractivity contribution < 1.29 is 24.5 Å². The molecule has 0 saturated heterocycles. The molecule has 7 nitrogen and oxygen atoms in total. The van der Waals surface area contributed by atoms with Gasteiger partial charge in [0.2, 0.25) is 5.91 Å². The Balaban J connectivity index is 2.59. The van der Waals surface area contributed by atoms with E-state index in [9.17, 15) is 9.59 Å². The van der Waals surface area contributed by atoms with E-state index in [1.807, 2.05) is 0 Å². The fourth-order valence-corrected chi connectivity index (χ4v) is 1.74. The van der Waals surface area contributed by atoms with Gasteiger partial charge in [-0.1, -0.05) is 12.1 Å². The van der Waals surface area contributed by atoms with Crippen molar-refractivity contribution in [2.24, 2.45) is 0 Å². The third kappa shape index (κ3) is 5.80. The van der Waals surface area contributed by atoms with Crippen molar-refractivity contribution in [3.63, 3.8) is 0 Å². The van der Waals surface area contributed by atoms with Crippen molar-refractivity contribution in [3.8, 4) is 5.75 Å². The fraction of sp³-hybridized carbons (Fsp3) is 0.429. The minimum absolute atomic E-state index is 0.0350. The number of methoxy groups -OCH3 is 1. The van der Waals surface area contributed by atoms with E-state index < -0.39 is 17.9 Å². The third-order valence-corrected chi connectivity index (χ3v) is 2.79. The van der Waals surface area contributed by atoms with E-state index in [4.69, 9.17) is 14.9 Å². The van der Waals surface area contributed by atoms with Crippen LogP contribution in [0.4, 0.5) is 5.69 Å². The molecule has 4 N–H and O–H groups in total. The van der Waals surface area contributed by atoms with Crippen LogP contribution in [0, 0.1) is 0 Å². The number of nitrogens with one attached hydrogen (secondary N) is 2. The number of carbonyl (C=O) groups is 2. The normalized spacial score (nSPS) is 11.7. The molecule has 116 valence electrons. The average molecular weight is 296 g/mol. The molecule has 0 saturated carbocycles. The van der Waals surface area contributed by atoms with Gasteiger partial charge in [0.15, 0.2) is 0 Å². The fourth-order valence-electron chi connectivity index (χ4n) is 1.74. The summed E-state index contributed by atoms with van der Waals surface area (Å²) in [7, 11) is 1.49. The molecule has 0 aliphatic carbocycles. The number of benzene rings is 1. The van der Waals surface area contributed by atoms with Crippen LogP contribution in [-0.2, 0) is 9.59 Å².